The number of anilines is 2. The van der Waals surface area contributed by atoms with Crippen molar-refractivity contribution in [2.45, 2.75) is 13.8 Å². The van der Waals surface area contributed by atoms with Crippen LogP contribution in [0.2, 0.25) is 0 Å². The van der Waals surface area contributed by atoms with Gasteiger partial charge in [-0.15, -0.1) is 0 Å². The zero-order chi connectivity index (χ0) is 15.2. The SMILES string of the molecule is CC.COc1cc(Nc2noc3cccnc23)ccc1F. The summed E-state index contributed by atoms with van der Waals surface area (Å²) >= 11 is 0. The van der Waals surface area contributed by atoms with E-state index in [0.717, 1.165) is 0 Å². The Balaban J connectivity index is 0.000000774. The molecule has 2 heterocycles. The van der Waals surface area contributed by atoms with Gasteiger partial charge >= 0.3 is 0 Å². The predicted octanol–water partition coefficient (Wildman–Crippen LogP) is 4.14. The number of pyridine rings is 1. The van der Waals surface area contributed by atoms with Gasteiger partial charge in [0.1, 0.15) is 0 Å². The van der Waals surface area contributed by atoms with E-state index in [9.17, 15) is 4.39 Å². The fourth-order valence-electron chi connectivity index (χ4n) is 1.74. The molecule has 0 saturated carbocycles. The van der Waals surface area contributed by atoms with Crippen molar-refractivity contribution in [2.75, 3.05) is 12.4 Å². The van der Waals surface area contributed by atoms with Crippen molar-refractivity contribution in [2.24, 2.45) is 0 Å². The van der Waals surface area contributed by atoms with Crippen LogP contribution in [0, 0.1) is 5.82 Å². The number of nitrogens with zero attached hydrogens (tertiary/aromatic N) is 2. The summed E-state index contributed by atoms with van der Waals surface area (Å²) in [6.07, 6.45) is 1.65. The first-order chi connectivity index (χ1) is 10.3. The molecule has 0 bridgehead atoms. The molecule has 0 saturated heterocycles. The molecule has 1 N–H and O–H groups in total. The predicted molar refractivity (Wildman–Crippen MR) is 79.4 cm³/mol. The second kappa shape index (κ2) is 6.69. The molecule has 110 valence electrons. The van der Waals surface area contributed by atoms with Gasteiger partial charge in [0.05, 0.1) is 7.11 Å². The van der Waals surface area contributed by atoms with Gasteiger partial charge < -0.3 is 14.6 Å². The lowest BCUT2D eigenvalue weighted by Crippen LogP contribution is -1.94. The van der Waals surface area contributed by atoms with Gasteiger partial charge in [-0.25, -0.2) is 9.37 Å². The number of fused-ring (bicyclic) bond motifs is 1. The third kappa shape index (κ3) is 3.10. The van der Waals surface area contributed by atoms with Crippen molar-refractivity contribution in [1.82, 2.24) is 10.1 Å². The van der Waals surface area contributed by atoms with Gasteiger partial charge in [-0.3, -0.25) is 0 Å². The average molecular weight is 289 g/mol. The molecule has 0 aliphatic heterocycles. The van der Waals surface area contributed by atoms with Crippen molar-refractivity contribution in [1.29, 1.82) is 0 Å². The van der Waals surface area contributed by atoms with E-state index in [4.69, 9.17) is 9.26 Å². The molecule has 1 aromatic carbocycles. The molecular weight excluding hydrogens is 273 g/mol. The summed E-state index contributed by atoms with van der Waals surface area (Å²) in [4.78, 5) is 4.17. The van der Waals surface area contributed by atoms with E-state index in [1.54, 1.807) is 30.5 Å². The quantitative estimate of drug-likeness (QED) is 0.785. The minimum atomic E-state index is -0.420. The van der Waals surface area contributed by atoms with E-state index < -0.39 is 5.82 Å². The number of rotatable bonds is 3. The lowest BCUT2D eigenvalue weighted by Gasteiger charge is -2.06. The van der Waals surface area contributed by atoms with E-state index in [2.05, 4.69) is 15.5 Å². The van der Waals surface area contributed by atoms with Crippen LogP contribution < -0.4 is 10.1 Å². The van der Waals surface area contributed by atoms with Gasteiger partial charge in [-0.1, -0.05) is 19.0 Å². The van der Waals surface area contributed by atoms with Crippen LogP contribution in [0.1, 0.15) is 13.8 Å². The first-order valence-electron chi connectivity index (χ1n) is 6.59. The number of hydrogen-bond acceptors (Lipinski definition) is 5. The Hall–Kier alpha value is -2.63. The van der Waals surface area contributed by atoms with Crippen molar-refractivity contribution in [3.8, 4) is 5.75 Å². The highest BCUT2D eigenvalue weighted by atomic mass is 19.1. The van der Waals surface area contributed by atoms with Crippen LogP contribution in [0.4, 0.5) is 15.9 Å². The third-order valence-electron chi connectivity index (χ3n) is 2.64. The van der Waals surface area contributed by atoms with Crippen molar-refractivity contribution < 1.29 is 13.7 Å². The van der Waals surface area contributed by atoms with Crippen LogP contribution in [0.15, 0.2) is 41.1 Å². The molecule has 21 heavy (non-hydrogen) atoms. The Morgan fingerprint density at radius 3 is 2.81 bits per heavy atom. The van der Waals surface area contributed by atoms with Gasteiger partial charge in [0.25, 0.3) is 0 Å². The Bertz CT molecular complexity index is 728. The second-order valence-electron chi connectivity index (χ2n) is 3.86. The van der Waals surface area contributed by atoms with Crippen molar-refractivity contribution in [3.05, 3.63) is 42.3 Å². The normalized spacial score (nSPS) is 9.90. The minimum absolute atomic E-state index is 0.158. The van der Waals surface area contributed by atoms with Crippen LogP contribution >= 0.6 is 0 Å². The summed E-state index contributed by atoms with van der Waals surface area (Å²) in [5.74, 6) is 0.214. The summed E-state index contributed by atoms with van der Waals surface area (Å²) in [5.41, 5.74) is 1.84. The molecule has 3 aromatic rings. The second-order valence-corrected chi connectivity index (χ2v) is 3.86. The number of methoxy groups -OCH3 is 1. The van der Waals surface area contributed by atoms with E-state index in [0.29, 0.717) is 22.6 Å². The summed E-state index contributed by atoms with van der Waals surface area (Å²) < 4.78 is 23.3. The zero-order valence-corrected chi connectivity index (χ0v) is 12.1. The fourth-order valence-corrected chi connectivity index (χ4v) is 1.74. The largest absolute Gasteiger partial charge is 0.494 e. The molecule has 0 amide bonds. The molecule has 0 aliphatic carbocycles. The molecule has 0 unspecified atom stereocenters. The van der Waals surface area contributed by atoms with Gasteiger partial charge in [-0.05, 0) is 24.3 Å². The van der Waals surface area contributed by atoms with Crippen LogP contribution in [-0.4, -0.2) is 17.3 Å². The molecule has 0 fully saturated rings. The maximum Gasteiger partial charge on any atom is 0.200 e. The molecule has 0 spiro atoms. The standard InChI is InChI=1S/C13H10FN3O2.C2H6/c1-18-11-7-8(4-5-9(11)14)16-13-12-10(19-17-13)3-2-6-15-12;1-2/h2-7H,1H3,(H,16,17);1-2H3. The van der Waals surface area contributed by atoms with Crippen LogP contribution in [0.5, 0.6) is 5.75 Å². The first kappa shape index (κ1) is 14.8. The minimum Gasteiger partial charge on any atom is -0.494 e. The van der Waals surface area contributed by atoms with E-state index >= 15 is 0 Å². The fraction of sp³-hybridized carbons (Fsp3) is 0.200. The molecule has 0 aliphatic rings. The highest BCUT2D eigenvalue weighted by Crippen LogP contribution is 2.27. The Labute approximate surface area is 121 Å². The molecule has 5 nitrogen and oxygen atoms in total. The molecule has 0 atom stereocenters. The summed E-state index contributed by atoms with van der Waals surface area (Å²) in [6.45, 7) is 4.00. The Morgan fingerprint density at radius 2 is 2.05 bits per heavy atom. The van der Waals surface area contributed by atoms with E-state index in [-0.39, 0.29) is 5.75 Å². The number of benzene rings is 1. The summed E-state index contributed by atoms with van der Waals surface area (Å²) in [6, 6.07) is 7.97. The molecule has 3 rings (SSSR count). The van der Waals surface area contributed by atoms with Crippen LogP contribution in [0.3, 0.4) is 0 Å². The lowest BCUT2D eigenvalue weighted by molar-refractivity contribution is 0.387. The number of halogens is 1. The monoisotopic (exact) mass is 289 g/mol. The van der Waals surface area contributed by atoms with Crippen molar-refractivity contribution in [3.63, 3.8) is 0 Å². The number of hydrogen-bond donors (Lipinski definition) is 1. The maximum absolute atomic E-state index is 13.3. The Morgan fingerprint density at radius 1 is 1.24 bits per heavy atom. The average Bonchev–Trinajstić information content (AvgIpc) is 2.94. The topological polar surface area (TPSA) is 60.2 Å². The first-order valence-corrected chi connectivity index (χ1v) is 6.59. The smallest absolute Gasteiger partial charge is 0.200 e. The lowest BCUT2D eigenvalue weighted by atomic mass is 10.3. The highest BCUT2D eigenvalue weighted by Gasteiger charge is 2.10. The van der Waals surface area contributed by atoms with E-state index in [1.165, 1.54) is 13.2 Å². The van der Waals surface area contributed by atoms with E-state index in [1.807, 2.05) is 13.8 Å². The van der Waals surface area contributed by atoms with Crippen molar-refractivity contribution >= 4 is 22.6 Å². The number of ether oxygens (including phenoxy) is 1. The number of aromatic nitrogens is 2. The summed E-state index contributed by atoms with van der Waals surface area (Å²) in [7, 11) is 1.41. The summed E-state index contributed by atoms with van der Waals surface area (Å²) in [5, 5.41) is 6.90. The van der Waals surface area contributed by atoms with Gasteiger partial charge in [0.2, 0.25) is 5.82 Å². The van der Waals surface area contributed by atoms with Crippen LogP contribution in [0.25, 0.3) is 11.1 Å². The molecular formula is C15H16FN3O2. The van der Waals surface area contributed by atoms with Gasteiger partial charge in [0, 0.05) is 18.0 Å². The molecule has 6 heteroatoms. The van der Waals surface area contributed by atoms with Gasteiger partial charge in [0.15, 0.2) is 22.7 Å². The number of nitrogens with one attached hydrogen (secondary N) is 1. The van der Waals surface area contributed by atoms with Crippen LogP contribution in [-0.2, 0) is 0 Å². The maximum atomic E-state index is 13.3. The Kier molecular flexibility index (Phi) is 4.71. The van der Waals surface area contributed by atoms with Gasteiger partial charge in [-0.2, -0.15) is 0 Å². The molecule has 2 aromatic heterocycles. The highest BCUT2D eigenvalue weighted by molar-refractivity contribution is 5.85. The zero-order valence-electron chi connectivity index (χ0n) is 12.1. The molecule has 0 radical (unpaired) electrons. The third-order valence-corrected chi connectivity index (χ3v) is 2.64.